The van der Waals surface area contributed by atoms with E-state index in [1.165, 1.54) is 21.6 Å². The van der Waals surface area contributed by atoms with Crippen LogP contribution in [0, 0.1) is 23.0 Å². The van der Waals surface area contributed by atoms with Gasteiger partial charge in [-0.15, -0.1) is 11.8 Å². The number of likely N-dealkylation sites (tertiary alicyclic amines) is 1. The fourth-order valence-corrected chi connectivity index (χ4v) is 8.29. The summed E-state index contributed by atoms with van der Waals surface area (Å²) in [7, 11) is 0. The molecule has 304 valence electrons. The first kappa shape index (κ1) is 42.9. The number of rotatable bonds is 20. The summed E-state index contributed by atoms with van der Waals surface area (Å²) in [5.74, 6) is -2.53. The summed E-state index contributed by atoms with van der Waals surface area (Å²) >= 11 is 1.48. The quantitative estimate of drug-likeness (QED) is 0.114. The highest BCUT2D eigenvalue weighted by molar-refractivity contribution is 8.00. The fraction of sp³-hybridized carbons (Fsp3) is 0.525. The predicted molar refractivity (Wildman–Crippen MR) is 206 cm³/mol. The third kappa shape index (κ3) is 10.8. The van der Waals surface area contributed by atoms with Crippen LogP contribution >= 0.6 is 11.8 Å². The summed E-state index contributed by atoms with van der Waals surface area (Å²) in [6.07, 6.45) is 1.21. The van der Waals surface area contributed by atoms with E-state index >= 15 is 8.78 Å². The van der Waals surface area contributed by atoms with E-state index in [9.17, 15) is 28.7 Å². The van der Waals surface area contributed by atoms with Gasteiger partial charge < -0.3 is 29.9 Å². The van der Waals surface area contributed by atoms with Gasteiger partial charge in [0.25, 0.3) is 0 Å². The first-order chi connectivity index (χ1) is 26.8. The minimum atomic E-state index is -1.28. The number of nitrogens with one attached hydrogen (secondary N) is 2. The lowest BCUT2D eigenvalue weighted by molar-refractivity contribution is -0.143. The molecular formula is C40H51F3N6O6S. The van der Waals surface area contributed by atoms with Crippen molar-refractivity contribution in [1.82, 2.24) is 30.0 Å². The largest absolute Gasteiger partial charge is 0.387 e. The Kier molecular flexibility index (Phi) is 15.1. The highest BCUT2D eigenvalue weighted by Crippen LogP contribution is 2.43. The van der Waals surface area contributed by atoms with Crippen LogP contribution in [0.4, 0.5) is 13.2 Å². The molecule has 0 aliphatic carbocycles. The van der Waals surface area contributed by atoms with Crippen LogP contribution in [0.1, 0.15) is 57.5 Å². The van der Waals surface area contributed by atoms with E-state index in [2.05, 4.69) is 10.6 Å². The van der Waals surface area contributed by atoms with E-state index < -0.39 is 53.6 Å². The zero-order chi connectivity index (χ0) is 40.4. The van der Waals surface area contributed by atoms with Gasteiger partial charge in [0.1, 0.15) is 30.2 Å². The Labute approximate surface area is 329 Å². The van der Waals surface area contributed by atoms with Crippen molar-refractivity contribution < 1.29 is 42.2 Å². The number of aromatic nitrogens is 2. The van der Waals surface area contributed by atoms with Gasteiger partial charge >= 0.3 is 0 Å². The number of aliphatic hydroxyl groups is 1. The predicted octanol–water partition coefficient (Wildman–Crippen LogP) is 4.12. The zero-order valence-electron chi connectivity index (χ0n) is 32.0. The van der Waals surface area contributed by atoms with Gasteiger partial charge in [-0.25, -0.2) is 18.2 Å². The normalized spacial score (nSPS) is 19.1. The van der Waals surface area contributed by atoms with Gasteiger partial charge in [-0.05, 0) is 35.9 Å². The molecule has 0 bridgehead atoms. The van der Waals surface area contributed by atoms with Gasteiger partial charge in [0.2, 0.25) is 23.6 Å². The van der Waals surface area contributed by atoms with Crippen LogP contribution in [0.15, 0.2) is 54.7 Å². The summed E-state index contributed by atoms with van der Waals surface area (Å²) < 4.78 is 52.1. The molecule has 2 saturated heterocycles. The number of nitrogens with zero attached hydrogens (tertiary/aromatic N) is 4. The van der Waals surface area contributed by atoms with Crippen molar-refractivity contribution >= 4 is 35.4 Å². The molecule has 3 N–H and O–H groups in total. The van der Waals surface area contributed by atoms with Crippen molar-refractivity contribution in [3.8, 4) is 11.3 Å². The van der Waals surface area contributed by atoms with Gasteiger partial charge in [0.05, 0.1) is 36.7 Å². The Bertz CT molecular complexity index is 1830. The molecule has 3 aromatic rings. The SMILES string of the molecule is CCCSC1CC(=O)N(CCOCCNC(=O)CC(C)(C)C(c2nc(-c3cc(F)ccc3F)cn2Cc2ccccc2)N(CC2CNCC2F)C(=O)CO)C1=O. The van der Waals surface area contributed by atoms with Gasteiger partial charge in [0.15, 0.2) is 0 Å². The fourth-order valence-electron chi connectivity index (χ4n) is 7.24. The molecule has 12 nitrogen and oxygen atoms in total. The maximum atomic E-state index is 15.2. The van der Waals surface area contributed by atoms with Crippen LogP contribution in [0.5, 0.6) is 0 Å². The van der Waals surface area contributed by atoms with Crippen LogP contribution in [-0.4, -0.2) is 118 Å². The summed E-state index contributed by atoms with van der Waals surface area (Å²) in [6, 6.07) is 11.3. The Balaban J connectivity index is 1.37. The van der Waals surface area contributed by atoms with Crippen molar-refractivity contribution in [2.45, 2.75) is 64.0 Å². The average molecular weight is 801 g/mol. The molecule has 1 aromatic heterocycles. The van der Waals surface area contributed by atoms with E-state index in [0.29, 0.717) is 0 Å². The molecular weight excluding hydrogens is 750 g/mol. The summed E-state index contributed by atoms with van der Waals surface area (Å²) in [4.78, 5) is 59.7. The number of ether oxygens (including phenoxy) is 1. The summed E-state index contributed by atoms with van der Waals surface area (Å²) in [5.41, 5.74) is -0.312. The molecule has 56 heavy (non-hydrogen) atoms. The van der Waals surface area contributed by atoms with Gasteiger partial charge in [-0.2, -0.15) is 0 Å². The second kappa shape index (κ2) is 19.7. The van der Waals surface area contributed by atoms with E-state index in [1.54, 1.807) is 24.6 Å². The van der Waals surface area contributed by atoms with Gasteiger partial charge in [-0.3, -0.25) is 24.1 Å². The second-order valence-electron chi connectivity index (χ2n) is 14.8. The van der Waals surface area contributed by atoms with Gasteiger partial charge in [0, 0.05) is 68.7 Å². The number of amides is 4. The molecule has 16 heteroatoms. The first-order valence-corrected chi connectivity index (χ1v) is 20.0. The number of imide groups is 1. The van der Waals surface area contributed by atoms with E-state index in [1.807, 2.05) is 37.3 Å². The lowest BCUT2D eigenvalue weighted by Gasteiger charge is -2.42. The first-order valence-electron chi connectivity index (χ1n) is 18.9. The second-order valence-corrected chi connectivity index (χ2v) is 16.1. The molecule has 4 amide bonds. The number of imidazole rings is 1. The summed E-state index contributed by atoms with van der Waals surface area (Å²) in [6.45, 7) is 5.53. The Hall–Kier alpha value is -4.25. The molecule has 5 rings (SSSR count). The number of aliphatic hydroxyl groups excluding tert-OH is 1. The number of hydrogen-bond donors (Lipinski definition) is 3. The highest BCUT2D eigenvalue weighted by atomic mass is 32.2. The zero-order valence-corrected chi connectivity index (χ0v) is 32.8. The van der Waals surface area contributed by atoms with Crippen molar-refractivity contribution in [1.29, 1.82) is 0 Å². The Morgan fingerprint density at radius 2 is 1.91 bits per heavy atom. The number of carbonyl (C=O) groups is 4. The standard InChI is InChI=1S/C40H51F3N6O6S/c1-4-16-56-33-18-35(52)48(39(33)54)13-15-55-14-12-45-34(51)19-40(2,3)37(49(36(53)25-50)23-27-20-44-21-31(27)43)38-46-32(29-17-28(41)10-11-30(29)42)24-47(38)22-26-8-6-5-7-9-26/h5-11,17,24,27,31,33,37,44,50H,4,12-16,18-23,25H2,1-3H3,(H,45,51). The topological polar surface area (TPSA) is 146 Å². The molecule has 4 unspecified atom stereocenters. The molecule has 3 heterocycles. The minimum absolute atomic E-state index is 0.0881. The Morgan fingerprint density at radius 3 is 2.61 bits per heavy atom. The monoisotopic (exact) mass is 800 g/mol. The van der Waals surface area contributed by atoms with Crippen LogP contribution in [0.25, 0.3) is 11.3 Å². The van der Waals surface area contributed by atoms with Crippen LogP contribution in [0.3, 0.4) is 0 Å². The minimum Gasteiger partial charge on any atom is -0.387 e. The number of alkyl halides is 1. The maximum Gasteiger partial charge on any atom is 0.248 e. The van der Waals surface area contributed by atoms with Crippen molar-refractivity contribution in [3.05, 3.63) is 77.8 Å². The molecule has 4 atom stereocenters. The molecule has 0 radical (unpaired) electrons. The number of thioether (sulfide) groups is 1. The number of halogens is 3. The van der Waals surface area contributed by atoms with Crippen LogP contribution in [-0.2, 0) is 30.5 Å². The molecule has 0 saturated carbocycles. The molecule has 0 spiro atoms. The number of benzene rings is 2. The third-order valence-electron chi connectivity index (χ3n) is 10.0. The highest BCUT2D eigenvalue weighted by Gasteiger charge is 2.44. The molecule has 2 aromatic carbocycles. The summed E-state index contributed by atoms with van der Waals surface area (Å²) in [5, 5.41) is 15.7. The smallest absolute Gasteiger partial charge is 0.248 e. The Morgan fingerprint density at radius 1 is 1.14 bits per heavy atom. The van der Waals surface area contributed by atoms with Crippen LogP contribution < -0.4 is 10.6 Å². The van der Waals surface area contributed by atoms with E-state index in [0.717, 1.165) is 35.9 Å². The molecule has 2 fully saturated rings. The van der Waals surface area contributed by atoms with Crippen LogP contribution in [0.2, 0.25) is 0 Å². The third-order valence-corrected chi connectivity index (χ3v) is 11.4. The van der Waals surface area contributed by atoms with E-state index in [-0.39, 0.29) is 99.5 Å². The lowest BCUT2D eigenvalue weighted by atomic mass is 9.78. The molecule has 2 aliphatic heterocycles. The van der Waals surface area contributed by atoms with Crippen molar-refractivity contribution in [2.24, 2.45) is 11.3 Å². The molecule has 2 aliphatic rings. The number of carbonyl (C=O) groups excluding carboxylic acids is 4. The van der Waals surface area contributed by atoms with Crippen molar-refractivity contribution in [3.63, 3.8) is 0 Å². The van der Waals surface area contributed by atoms with Crippen molar-refractivity contribution in [2.75, 3.05) is 58.3 Å². The average Bonchev–Trinajstić information content (AvgIpc) is 3.85. The van der Waals surface area contributed by atoms with Gasteiger partial charge in [-0.1, -0.05) is 51.1 Å². The lowest BCUT2D eigenvalue weighted by Crippen LogP contribution is -2.49. The maximum absolute atomic E-state index is 15.2. The van der Waals surface area contributed by atoms with E-state index in [4.69, 9.17) is 9.72 Å². The number of hydrogen-bond acceptors (Lipinski definition) is 9.